The van der Waals surface area contributed by atoms with Crippen LogP contribution in [-0.4, -0.2) is 7.05 Å². The number of thiophene rings is 1. The quantitative estimate of drug-likeness (QED) is 0.881. The van der Waals surface area contributed by atoms with Gasteiger partial charge in [0.25, 0.3) is 0 Å². The van der Waals surface area contributed by atoms with E-state index in [-0.39, 0.29) is 6.04 Å². The number of hydrogen-bond acceptors (Lipinski definition) is 2. The average Bonchev–Trinajstić information content (AvgIpc) is 2.69. The first-order chi connectivity index (χ1) is 7.74. The van der Waals surface area contributed by atoms with Gasteiger partial charge in [0, 0.05) is 14.4 Å². The summed E-state index contributed by atoms with van der Waals surface area (Å²) in [4.78, 5) is 1.25. The van der Waals surface area contributed by atoms with Gasteiger partial charge in [-0.1, -0.05) is 29.8 Å². The third-order valence-corrected chi connectivity index (χ3v) is 4.69. The van der Waals surface area contributed by atoms with Crippen molar-refractivity contribution in [1.29, 1.82) is 0 Å². The smallest absolute Gasteiger partial charge is 0.0694 e. The molecule has 16 heavy (non-hydrogen) atoms. The van der Waals surface area contributed by atoms with Gasteiger partial charge < -0.3 is 5.32 Å². The number of nitrogens with one attached hydrogen (secondary N) is 1. The molecule has 2 aromatic rings. The van der Waals surface area contributed by atoms with Gasteiger partial charge >= 0.3 is 0 Å². The summed E-state index contributed by atoms with van der Waals surface area (Å²) in [5.74, 6) is 0. The van der Waals surface area contributed by atoms with Crippen LogP contribution in [0.1, 0.15) is 16.5 Å². The molecule has 0 saturated carbocycles. The van der Waals surface area contributed by atoms with Gasteiger partial charge in [-0.2, -0.15) is 0 Å². The number of rotatable bonds is 3. The van der Waals surface area contributed by atoms with Crippen LogP contribution in [-0.2, 0) is 0 Å². The molecule has 0 spiro atoms. The predicted octanol–water partition coefficient (Wildman–Crippen LogP) is 4.47. The minimum absolute atomic E-state index is 0.142. The van der Waals surface area contributed by atoms with Gasteiger partial charge in [-0.15, -0.1) is 11.3 Å². The molecule has 0 bridgehead atoms. The Labute approximate surface area is 113 Å². The third kappa shape index (κ3) is 2.33. The second-order valence-electron chi connectivity index (χ2n) is 3.38. The van der Waals surface area contributed by atoms with Crippen LogP contribution in [0.2, 0.25) is 5.02 Å². The number of halogens is 2. The number of benzene rings is 1. The summed E-state index contributed by atoms with van der Waals surface area (Å²) >= 11 is 11.5. The average molecular weight is 317 g/mol. The summed E-state index contributed by atoms with van der Waals surface area (Å²) in [5.41, 5.74) is 1.11. The van der Waals surface area contributed by atoms with Gasteiger partial charge in [-0.3, -0.25) is 0 Å². The highest BCUT2D eigenvalue weighted by Crippen LogP contribution is 2.35. The topological polar surface area (TPSA) is 12.0 Å². The maximum absolute atomic E-state index is 6.22. The second-order valence-corrected chi connectivity index (χ2v) is 5.59. The molecule has 0 radical (unpaired) electrons. The van der Waals surface area contributed by atoms with Crippen molar-refractivity contribution in [3.05, 3.63) is 55.6 Å². The van der Waals surface area contributed by atoms with Gasteiger partial charge in [-0.25, -0.2) is 0 Å². The first kappa shape index (κ1) is 12.1. The molecule has 1 N–H and O–H groups in total. The van der Waals surface area contributed by atoms with E-state index in [1.54, 1.807) is 11.3 Å². The van der Waals surface area contributed by atoms with Crippen LogP contribution in [0.5, 0.6) is 0 Å². The van der Waals surface area contributed by atoms with E-state index in [9.17, 15) is 0 Å². The zero-order valence-corrected chi connectivity index (χ0v) is 11.9. The highest BCUT2D eigenvalue weighted by Gasteiger charge is 2.18. The van der Waals surface area contributed by atoms with Crippen molar-refractivity contribution in [2.24, 2.45) is 0 Å². The van der Waals surface area contributed by atoms with E-state index in [2.05, 4.69) is 38.8 Å². The van der Waals surface area contributed by atoms with Gasteiger partial charge in [0.15, 0.2) is 0 Å². The molecule has 0 aliphatic rings. The summed E-state index contributed by atoms with van der Waals surface area (Å²) in [6.07, 6.45) is 0. The zero-order valence-electron chi connectivity index (χ0n) is 8.71. The molecule has 1 heterocycles. The van der Waals surface area contributed by atoms with E-state index < -0.39 is 0 Å². The first-order valence-electron chi connectivity index (χ1n) is 4.88. The van der Waals surface area contributed by atoms with Gasteiger partial charge in [0.2, 0.25) is 0 Å². The SMILES string of the molecule is CNC(c1ccccc1Cl)c1sccc1Br. The predicted molar refractivity (Wildman–Crippen MR) is 74.4 cm³/mol. The van der Waals surface area contributed by atoms with Crippen LogP contribution >= 0.6 is 38.9 Å². The van der Waals surface area contributed by atoms with Crippen LogP contribution in [0.3, 0.4) is 0 Å². The normalized spacial score (nSPS) is 12.7. The Kier molecular flexibility index (Phi) is 4.03. The lowest BCUT2D eigenvalue weighted by Crippen LogP contribution is -2.17. The Morgan fingerprint density at radius 3 is 2.62 bits per heavy atom. The van der Waals surface area contributed by atoms with Gasteiger partial charge in [0.05, 0.1) is 6.04 Å². The lowest BCUT2D eigenvalue weighted by molar-refractivity contribution is 0.702. The molecule has 84 valence electrons. The molecule has 2 rings (SSSR count). The fourth-order valence-corrected chi connectivity index (χ4v) is 3.62. The van der Waals surface area contributed by atoms with Crippen LogP contribution in [0.4, 0.5) is 0 Å². The molecule has 1 aromatic carbocycles. The van der Waals surface area contributed by atoms with Crippen molar-refractivity contribution in [3.8, 4) is 0 Å². The van der Waals surface area contributed by atoms with Gasteiger partial charge in [-0.05, 0) is 46.1 Å². The maximum Gasteiger partial charge on any atom is 0.0694 e. The van der Waals surface area contributed by atoms with Crippen molar-refractivity contribution >= 4 is 38.9 Å². The molecule has 1 nitrogen and oxygen atoms in total. The van der Waals surface area contributed by atoms with E-state index >= 15 is 0 Å². The van der Waals surface area contributed by atoms with Crippen molar-refractivity contribution in [2.45, 2.75) is 6.04 Å². The number of hydrogen-bond donors (Lipinski definition) is 1. The summed E-state index contributed by atoms with van der Waals surface area (Å²) in [5, 5.41) is 6.16. The van der Waals surface area contributed by atoms with Crippen LogP contribution in [0.25, 0.3) is 0 Å². The molecule has 0 fully saturated rings. The Balaban J connectivity index is 2.45. The largest absolute Gasteiger partial charge is 0.309 e. The van der Waals surface area contributed by atoms with Crippen molar-refractivity contribution in [2.75, 3.05) is 7.05 Å². The minimum Gasteiger partial charge on any atom is -0.309 e. The maximum atomic E-state index is 6.22. The molecular weight excluding hydrogens is 306 g/mol. The minimum atomic E-state index is 0.142. The zero-order chi connectivity index (χ0) is 11.5. The Hall–Kier alpha value is -0.350. The Bertz CT molecular complexity index is 483. The van der Waals surface area contributed by atoms with Crippen LogP contribution in [0, 0.1) is 0 Å². The highest BCUT2D eigenvalue weighted by atomic mass is 79.9. The molecule has 1 atom stereocenters. The van der Waals surface area contributed by atoms with Crippen molar-refractivity contribution < 1.29 is 0 Å². The van der Waals surface area contributed by atoms with E-state index in [0.717, 1.165) is 15.1 Å². The fourth-order valence-electron chi connectivity index (χ4n) is 1.65. The summed E-state index contributed by atoms with van der Waals surface area (Å²) < 4.78 is 1.12. The molecule has 1 aromatic heterocycles. The summed E-state index contributed by atoms with van der Waals surface area (Å²) in [7, 11) is 1.94. The molecular formula is C12H11BrClNS. The molecule has 0 aliphatic heterocycles. The fraction of sp³-hybridized carbons (Fsp3) is 0.167. The van der Waals surface area contributed by atoms with E-state index in [1.807, 2.05) is 25.2 Å². The lowest BCUT2D eigenvalue weighted by Gasteiger charge is -2.17. The summed E-state index contributed by atoms with van der Waals surface area (Å²) in [6.45, 7) is 0. The molecule has 0 amide bonds. The van der Waals surface area contributed by atoms with Crippen LogP contribution < -0.4 is 5.32 Å². The Morgan fingerprint density at radius 1 is 1.31 bits per heavy atom. The third-order valence-electron chi connectivity index (χ3n) is 2.41. The highest BCUT2D eigenvalue weighted by molar-refractivity contribution is 9.10. The van der Waals surface area contributed by atoms with E-state index in [1.165, 1.54) is 4.88 Å². The van der Waals surface area contributed by atoms with E-state index in [0.29, 0.717) is 0 Å². The standard InChI is InChI=1S/C12H11BrClNS/c1-15-11(12-9(13)6-7-16-12)8-4-2-3-5-10(8)14/h2-7,11,15H,1H3. The Morgan fingerprint density at radius 2 is 2.06 bits per heavy atom. The monoisotopic (exact) mass is 315 g/mol. The first-order valence-corrected chi connectivity index (χ1v) is 6.93. The van der Waals surface area contributed by atoms with Gasteiger partial charge in [0.1, 0.15) is 0 Å². The van der Waals surface area contributed by atoms with Crippen molar-refractivity contribution in [3.63, 3.8) is 0 Å². The summed E-state index contributed by atoms with van der Waals surface area (Å²) in [6, 6.07) is 10.1. The van der Waals surface area contributed by atoms with E-state index in [4.69, 9.17) is 11.6 Å². The van der Waals surface area contributed by atoms with Crippen molar-refractivity contribution in [1.82, 2.24) is 5.32 Å². The molecule has 0 saturated heterocycles. The second kappa shape index (κ2) is 5.32. The molecule has 4 heteroatoms. The molecule has 1 unspecified atom stereocenters. The molecule has 0 aliphatic carbocycles. The lowest BCUT2D eigenvalue weighted by atomic mass is 10.1. The van der Waals surface area contributed by atoms with Crippen LogP contribution in [0.15, 0.2) is 40.2 Å².